The molecule has 4 rings (SSSR count). The number of carbonyl (C=O) groups excluding carboxylic acids is 1. The standard InChI is InChI=1S/C26H24N2O/c1-4-19-11-13-24-21(15-19)22(16-25(27-24)20-8-6-5-7-9-20)26(29)28-23-12-10-17(2)14-18(23)3/h5-16H,4H2,1-3H3,(H,28,29). The highest BCUT2D eigenvalue weighted by Gasteiger charge is 2.15. The first-order valence-corrected chi connectivity index (χ1v) is 9.93. The largest absolute Gasteiger partial charge is 0.322 e. The maximum Gasteiger partial charge on any atom is 0.256 e. The molecule has 0 aliphatic rings. The van der Waals surface area contributed by atoms with Crippen LogP contribution in [0.3, 0.4) is 0 Å². The Morgan fingerprint density at radius 1 is 0.931 bits per heavy atom. The normalized spacial score (nSPS) is 10.9. The van der Waals surface area contributed by atoms with Gasteiger partial charge in [-0.3, -0.25) is 4.79 Å². The van der Waals surface area contributed by atoms with E-state index in [1.54, 1.807) is 0 Å². The van der Waals surface area contributed by atoms with Gasteiger partial charge in [0.2, 0.25) is 0 Å². The van der Waals surface area contributed by atoms with Crippen LogP contribution in [0.2, 0.25) is 0 Å². The quantitative estimate of drug-likeness (QED) is 0.449. The van der Waals surface area contributed by atoms with Crippen molar-refractivity contribution in [3.05, 3.63) is 95.1 Å². The molecule has 0 spiro atoms. The number of fused-ring (bicyclic) bond motifs is 1. The predicted molar refractivity (Wildman–Crippen MR) is 120 cm³/mol. The molecule has 1 heterocycles. The summed E-state index contributed by atoms with van der Waals surface area (Å²) in [5, 5.41) is 3.98. The lowest BCUT2D eigenvalue weighted by molar-refractivity contribution is 0.102. The number of carbonyl (C=O) groups is 1. The molecule has 0 aliphatic carbocycles. The summed E-state index contributed by atoms with van der Waals surface area (Å²) in [6.07, 6.45) is 0.911. The molecular formula is C26H24N2O. The number of hydrogen-bond acceptors (Lipinski definition) is 2. The minimum absolute atomic E-state index is 0.116. The van der Waals surface area contributed by atoms with E-state index in [-0.39, 0.29) is 5.91 Å². The third-order valence-corrected chi connectivity index (χ3v) is 5.23. The Morgan fingerprint density at radius 3 is 2.45 bits per heavy atom. The van der Waals surface area contributed by atoms with E-state index >= 15 is 0 Å². The topological polar surface area (TPSA) is 42.0 Å². The van der Waals surface area contributed by atoms with Crippen LogP contribution in [-0.2, 0) is 6.42 Å². The Balaban J connectivity index is 1.84. The van der Waals surface area contributed by atoms with Crippen molar-refractivity contribution in [2.75, 3.05) is 5.32 Å². The van der Waals surface area contributed by atoms with Crippen molar-refractivity contribution < 1.29 is 4.79 Å². The van der Waals surface area contributed by atoms with E-state index in [4.69, 9.17) is 4.98 Å². The van der Waals surface area contributed by atoms with Crippen LogP contribution in [0.25, 0.3) is 22.2 Å². The lowest BCUT2D eigenvalue weighted by Gasteiger charge is -2.13. The second-order valence-electron chi connectivity index (χ2n) is 7.40. The first kappa shape index (κ1) is 18.9. The molecule has 3 nitrogen and oxygen atoms in total. The molecule has 0 saturated carbocycles. The maximum atomic E-state index is 13.3. The van der Waals surface area contributed by atoms with E-state index in [1.165, 1.54) is 11.1 Å². The number of rotatable bonds is 4. The Kier molecular flexibility index (Phi) is 5.13. The smallest absolute Gasteiger partial charge is 0.256 e. The molecule has 0 bridgehead atoms. The summed E-state index contributed by atoms with van der Waals surface area (Å²) >= 11 is 0. The molecule has 3 aromatic carbocycles. The molecule has 0 saturated heterocycles. The molecule has 3 heteroatoms. The van der Waals surface area contributed by atoms with Gasteiger partial charge in [0, 0.05) is 16.6 Å². The first-order valence-electron chi connectivity index (χ1n) is 9.93. The van der Waals surface area contributed by atoms with Crippen molar-refractivity contribution in [1.82, 2.24) is 4.98 Å². The number of benzene rings is 3. The van der Waals surface area contributed by atoms with E-state index < -0.39 is 0 Å². The fourth-order valence-corrected chi connectivity index (χ4v) is 3.58. The SMILES string of the molecule is CCc1ccc2nc(-c3ccccc3)cc(C(=O)Nc3ccc(C)cc3C)c2c1. The molecule has 1 amide bonds. The Labute approximate surface area is 171 Å². The lowest BCUT2D eigenvalue weighted by Crippen LogP contribution is -2.14. The van der Waals surface area contributed by atoms with E-state index in [1.807, 2.05) is 68.4 Å². The van der Waals surface area contributed by atoms with Crippen LogP contribution in [0.5, 0.6) is 0 Å². The molecule has 0 atom stereocenters. The molecule has 0 unspecified atom stereocenters. The molecule has 0 aliphatic heterocycles. The number of anilines is 1. The Morgan fingerprint density at radius 2 is 1.72 bits per heavy atom. The summed E-state index contributed by atoms with van der Waals surface area (Å²) in [6, 6.07) is 24.1. The van der Waals surface area contributed by atoms with Crippen LogP contribution in [0.15, 0.2) is 72.8 Å². The van der Waals surface area contributed by atoms with Crippen LogP contribution >= 0.6 is 0 Å². The average molecular weight is 380 g/mol. The van der Waals surface area contributed by atoms with Gasteiger partial charge in [-0.05, 0) is 55.7 Å². The van der Waals surface area contributed by atoms with Crippen molar-refractivity contribution in [3.8, 4) is 11.3 Å². The minimum Gasteiger partial charge on any atom is -0.322 e. The van der Waals surface area contributed by atoms with Gasteiger partial charge in [0.15, 0.2) is 0 Å². The van der Waals surface area contributed by atoms with Crippen molar-refractivity contribution in [3.63, 3.8) is 0 Å². The first-order chi connectivity index (χ1) is 14.0. The van der Waals surface area contributed by atoms with Crippen LogP contribution in [-0.4, -0.2) is 10.9 Å². The third-order valence-electron chi connectivity index (χ3n) is 5.23. The summed E-state index contributed by atoms with van der Waals surface area (Å²) in [4.78, 5) is 18.1. The lowest BCUT2D eigenvalue weighted by atomic mass is 10.0. The molecule has 0 fully saturated rings. The van der Waals surface area contributed by atoms with Gasteiger partial charge < -0.3 is 5.32 Å². The minimum atomic E-state index is -0.116. The number of amides is 1. The average Bonchev–Trinajstić information content (AvgIpc) is 2.75. The molecule has 1 aromatic heterocycles. The summed E-state index contributed by atoms with van der Waals surface area (Å²) in [5.74, 6) is -0.116. The zero-order valence-corrected chi connectivity index (χ0v) is 17.0. The van der Waals surface area contributed by atoms with Crippen molar-refractivity contribution in [2.24, 2.45) is 0 Å². The third kappa shape index (κ3) is 3.90. The maximum absolute atomic E-state index is 13.3. The summed E-state index contributed by atoms with van der Waals surface area (Å²) in [6.45, 7) is 6.17. The number of aromatic nitrogens is 1. The fourth-order valence-electron chi connectivity index (χ4n) is 3.58. The van der Waals surface area contributed by atoms with Crippen LogP contribution in [0, 0.1) is 13.8 Å². The zero-order chi connectivity index (χ0) is 20.4. The van der Waals surface area contributed by atoms with Crippen molar-refractivity contribution >= 4 is 22.5 Å². The fraction of sp³-hybridized carbons (Fsp3) is 0.154. The van der Waals surface area contributed by atoms with Crippen molar-refractivity contribution in [1.29, 1.82) is 0 Å². The molecule has 0 radical (unpaired) electrons. The second-order valence-corrected chi connectivity index (χ2v) is 7.40. The van der Waals surface area contributed by atoms with Gasteiger partial charge in [0.05, 0.1) is 16.8 Å². The predicted octanol–water partition coefficient (Wildman–Crippen LogP) is 6.33. The van der Waals surface area contributed by atoms with Gasteiger partial charge >= 0.3 is 0 Å². The number of aryl methyl sites for hydroxylation is 3. The summed E-state index contributed by atoms with van der Waals surface area (Å²) in [5.41, 5.74) is 7.51. The van der Waals surface area contributed by atoms with Gasteiger partial charge in [-0.25, -0.2) is 4.98 Å². The monoisotopic (exact) mass is 380 g/mol. The van der Waals surface area contributed by atoms with Gasteiger partial charge in [-0.15, -0.1) is 0 Å². The number of pyridine rings is 1. The summed E-state index contributed by atoms with van der Waals surface area (Å²) in [7, 11) is 0. The molecule has 1 N–H and O–H groups in total. The van der Waals surface area contributed by atoms with E-state index in [2.05, 4.69) is 30.4 Å². The van der Waals surface area contributed by atoms with Crippen LogP contribution < -0.4 is 5.32 Å². The molecule has 4 aromatic rings. The molecular weight excluding hydrogens is 356 g/mol. The van der Waals surface area contributed by atoms with Gasteiger partial charge in [0.1, 0.15) is 0 Å². The van der Waals surface area contributed by atoms with E-state index in [9.17, 15) is 4.79 Å². The van der Waals surface area contributed by atoms with Crippen LogP contribution in [0.4, 0.5) is 5.69 Å². The number of hydrogen-bond donors (Lipinski definition) is 1. The molecule has 144 valence electrons. The Bertz CT molecular complexity index is 1200. The van der Waals surface area contributed by atoms with E-state index in [0.29, 0.717) is 5.56 Å². The number of nitrogens with zero attached hydrogens (tertiary/aromatic N) is 1. The highest BCUT2D eigenvalue weighted by atomic mass is 16.1. The number of nitrogens with one attached hydrogen (secondary N) is 1. The second kappa shape index (κ2) is 7.88. The van der Waals surface area contributed by atoms with Crippen molar-refractivity contribution in [2.45, 2.75) is 27.2 Å². The van der Waals surface area contributed by atoms with Gasteiger partial charge in [-0.1, -0.05) is 61.0 Å². The van der Waals surface area contributed by atoms with E-state index in [0.717, 1.165) is 39.8 Å². The Hall–Kier alpha value is -3.46. The highest BCUT2D eigenvalue weighted by Crippen LogP contribution is 2.27. The zero-order valence-electron chi connectivity index (χ0n) is 17.0. The van der Waals surface area contributed by atoms with Gasteiger partial charge in [0.25, 0.3) is 5.91 Å². The van der Waals surface area contributed by atoms with Crippen LogP contribution in [0.1, 0.15) is 34.0 Å². The molecule has 29 heavy (non-hydrogen) atoms. The summed E-state index contributed by atoms with van der Waals surface area (Å²) < 4.78 is 0. The highest BCUT2D eigenvalue weighted by molar-refractivity contribution is 6.13. The van der Waals surface area contributed by atoms with Gasteiger partial charge in [-0.2, -0.15) is 0 Å².